The summed E-state index contributed by atoms with van der Waals surface area (Å²) in [6, 6.07) is 15.5. The molecule has 0 aliphatic rings. The number of ether oxygens (including phenoxy) is 2. The molecule has 1 atom stereocenters. The second kappa shape index (κ2) is 10.9. The van der Waals surface area contributed by atoms with E-state index >= 15 is 0 Å². The summed E-state index contributed by atoms with van der Waals surface area (Å²) in [6.07, 6.45) is 2.36. The molecule has 2 aromatic carbocycles. The standard InChI is InChI=1S/C24H28N2O3/c1-5-18(4)26-24(27)21(15-25)13-19-10-11-22(23(14-19)28-6-2)29-16-20-9-7-8-17(3)12-20/h7-14,18H,5-6,16H2,1-4H3,(H,26,27)/b21-13+/t18-/m0/s1. The fourth-order valence-electron chi connectivity index (χ4n) is 2.68. The van der Waals surface area contributed by atoms with E-state index < -0.39 is 0 Å². The highest BCUT2D eigenvalue weighted by Crippen LogP contribution is 2.30. The largest absolute Gasteiger partial charge is 0.490 e. The van der Waals surface area contributed by atoms with Gasteiger partial charge in [0.25, 0.3) is 5.91 Å². The molecule has 1 amide bonds. The molecular formula is C24H28N2O3. The predicted octanol–water partition coefficient (Wildman–Crippen LogP) is 4.79. The quantitative estimate of drug-likeness (QED) is 0.492. The molecule has 152 valence electrons. The Morgan fingerprint density at radius 1 is 1.17 bits per heavy atom. The molecule has 0 radical (unpaired) electrons. The van der Waals surface area contributed by atoms with Crippen molar-refractivity contribution in [3.8, 4) is 17.6 Å². The summed E-state index contributed by atoms with van der Waals surface area (Å²) in [4.78, 5) is 12.3. The van der Waals surface area contributed by atoms with Crippen molar-refractivity contribution in [2.75, 3.05) is 6.61 Å². The van der Waals surface area contributed by atoms with E-state index in [1.807, 2.05) is 58.0 Å². The van der Waals surface area contributed by atoms with Crippen LogP contribution in [0.2, 0.25) is 0 Å². The lowest BCUT2D eigenvalue weighted by Gasteiger charge is -2.13. The van der Waals surface area contributed by atoms with Gasteiger partial charge in [0.2, 0.25) is 0 Å². The number of aryl methyl sites for hydroxylation is 1. The third-order valence-corrected chi connectivity index (χ3v) is 4.41. The van der Waals surface area contributed by atoms with Crippen LogP contribution >= 0.6 is 0 Å². The molecule has 0 aromatic heterocycles. The number of benzene rings is 2. The van der Waals surface area contributed by atoms with Crippen LogP contribution in [0.25, 0.3) is 6.08 Å². The first kappa shape index (κ1) is 22.0. The zero-order valence-electron chi connectivity index (χ0n) is 17.5. The third-order valence-electron chi connectivity index (χ3n) is 4.41. The van der Waals surface area contributed by atoms with E-state index in [0.717, 1.165) is 12.0 Å². The minimum Gasteiger partial charge on any atom is -0.490 e. The lowest BCUT2D eigenvalue weighted by Crippen LogP contribution is -2.32. The Labute approximate surface area is 173 Å². The van der Waals surface area contributed by atoms with Gasteiger partial charge in [-0.25, -0.2) is 0 Å². The second-order valence-electron chi connectivity index (χ2n) is 6.87. The van der Waals surface area contributed by atoms with Gasteiger partial charge in [0.1, 0.15) is 18.2 Å². The van der Waals surface area contributed by atoms with E-state index in [1.165, 1.54) is 5.56 Å². The van der Waals surface area contributed by atoms with Gasteiger partial charge in [0.05, 0.1) is 6.61 Å². The van der Waals surface area contributed by atoms with Crippen LogP contribution in [-0.2, 0) is 11.4 Å². The SMILES string of the molecule is CCOc1cc(/C=C(\C#N)C(=O)N[C@@H](C)CC)ccc1OCc1cccc(C)c1. The van der Waals surface area contributed by atoms with Crippen molar-refractivity contribution in [2.24, 2.45) is 0 Å². The van der Waals surface area contributed by atoms with Crippen LogP contribution in [0.1, 0.15) is 43.9 Å². The van der Waals surface area contributed by atoms with Gasteiger partial charge in [0.15, 0.2) is 11.5 Å². The summed E-state index contributed by atoms with van der Waals surface area (Å²) in [6.45, 7) is 8.73. The molecule has 0 fully saturated rings. The molecule has 0 saturated carbocycles. The molecule has 1 N–H and O–H groups in total. The normalized spacial score (nSPS) is 12.0. The van der Waals surface area contributed by atoms with Crippen LogP contribution < -0.4 is 14.8 Å². The molecule has 5 heteroatoms. The smallest absolute Gasteiger partial charge is 0.262 e. The molecule has 29 heavy (non-hydrogen) atoms. The average molecular weight is 392 g/mol. The summed E-state index contributed by atoms with van der Waals surface area (Å²) in [7, 11) is 0. The maximum absolute atomic E-state index is 12.3. The Hall–Kier alpha value is -3.26. The number of rotatable bonds is 9. The molecule has 0 bridgehead atoms. The zero-order valence-corrected chi connectivity index (χ0v) is 17.5. The molecule has 2 rings (SSSR count). The fourth-order valence-corrected chi connectivity index (χ4v) is 2.68. The van der Waals surface area contributed by atoms with Crippen LogP contribution in [0, 0.1) is 18.3 Å². The summed E-state index contributed by atoms with van der Waals surface area (Å²) < 4.78 is 11.7. The summed E-state index contributed by atoms with van der Waals surface area (Å²) in [5.41, 5.74) is 3.01. The van der Waals surface area contributed by atoms with Crippen molar-refractivity contribution in [3.05, 3.63) is 64.7 Å². The molecule has 5 nitrogen and oxygen atoms in total. The summed E-state index contributed by atoms with van der Waals surface area (Å²) >= 11 is 0. The van der Waals surface area contributed by atoms with E-state index in [0.29, 0.717) is 30.3 Å². The van der Waals surface area contributed by atoms with Gasteiger partial charge < -0.3 is 14.8 Å². The second-order valence-corrected chi connectivity index (χ2v) is 6.87. The number of carbonyl (C=O) groups is 1. The van der Waals surface area contributed by atoms with Gasteiger partial charge in [-0.05, 0) is 56.5 Å². The van der Waals surface area contributed by atoms with Crippen molar-refractivity contribution < 1.29 is 14.3 Å². The zero-order chi connectivity index (χ0) is 21.2. The maximum atomic E-state index is 12.3. The van der Waals surface area contributed by atoms with Crippen LogP contribution in [0.5, 0.6) is 11.5 Å². The maximum Gasteiger partial charge on any atom is 0.262 e. The number of hydrogen-bond donors (Lipinski definition) is 1. The van der Waals surface area contributed by atoms with E-state index in [2.05, 4.69) is 11.4 Å². The lowest BCUT2D eigenvalue weighted by molar-refractivity contribution is -0.117. The summed E-state index contributed by atoms with van der Waals surface area (Å²) in [5.74, 6) is 0.821. The Balaban J connectivity index is 2.21. The lowest BCUT2D eigenvalue weighted by atomic mass is 10.1. The molecule has 0 heterocycles. The number of nitriles is 1. The first-order chi connectivity index (χ1) is 14.0. The molecule has 0 aliphatic heterocycles. The van der Waals surface area contributed by atoms with E-state index in [-0.39, 0.29) is 17.5 Å². The van der Waals surface area contributed by atoms with Gasteiger partial charge >= 0.3 is 0 Å². The minimum atomic E-state index is -0.375. The van der Waals surface area contributed by atoms with Crippen molar-refractivity contribution in [1.29, 1.82) is 5.26 Å². The summed E-state index contributed by atoms with van der Waals surface area (Å²) in [5, 5.41) is 12.2. The molecular weight excluding hydrogens is 364 g/mol. The first-order valence-electron chi connectivity index (χ1n) is 9.84. The number of nitrogens with zero attached hydrogens (tertiary/aromatic N) is 1. The topological polar surface area (TPSA) is 71.3 Å². The van der Waals surface area contributed by atoms with Gasteiger partial charge in [0, 0.05) is 6.04 Å². The van der Waals surface area contributed by atoms with Gasteiger partial charge in [-0.15, -0.1) is 0 Å². The van der Waals surface area contributed by atoms with E-state index in [4.69, 9.17) is 9.47 Å². The Morgan fingerprint density at radius 2 is 1.97 bits per heavy atom. The predicted molar refractivity (Wildman–Crippen MR) is 115 cm³/mol. The minimum absolute atomic E-state index is 0.00985. The highest BCUT2D eigenvalue weighted by atomic mass is 16.5. The van der Waals surface area contributed by atoms with Crippen LogP contribution in [0.4, 0.5) is 0 Å². The number of carbonyl (C=O) groups excluding carboxylic acids is 1. The molecule has 0 unspecified atom stereocenters. The van der Waals surface area contributed by atoms with Crippen LogP contribution in [-0.4, -0.2) is 18.6 Å². The molecule has 0 spiro atoms. The van der Waals surface area contributed by atoms with Crippen LogP contribution in [0.3, 0.4) is 0 Å². The molecule has 0 saturated heterocycles. The average Bonchev–Trinajstić information content (AvgIpc) is 2.71. The number of hydrogen-bond acceptors (Lipinski definition) is 4. The van der Waals surface area contributed by atoms with E-state index in [9.17, 15) is 10.1 Å². The first-order valence-corrected chi connectivity index (χ1v) is 9.84. The fraction of sp³-hybridized carbons (Fsp3) is 0.333. The highest BCUT2D eigenvalue weighted by molar-refractivity contribution is 6.01. The highest BCUT2D eigenvalue weighted by Gasteiger charge is 2.13. The monoisotopic (exact) mass is 392 g/mol. The Morgan fingerprint density at radius 3 is 2.62 bits per heavy atom. The molecule has 2 aromatic rings. The van der Waals surface area contributed by atoms with E-state index in [1.54, 1.807) is 18.2 Å². The van der Waals surface area contributed by atoms with Crippen molar-refractivity contribution in [3.63, 3.8) is 0 Å². The van der Waals surface area contributed by atoms with Gasteiger partial charge in [-0.1, -0.05) is 42.8 Å². The Kier molecular flexibility index (Phi) is 8.29. The molecule has 0 aliphatic carbocycles. The number of amides is 1. The van der Waals surface area contributed by atoms with Crippen LogP contribution in [0.15, 0.2) is 48.0 Å². The third kappa shape index (κ3) is 6.69. The number of nitrogens with one attached hydrogen (secondary N) is 1. The Bertz CT molecular complexity index is 913. The van der Waals surface area contributed by atoms with Gasteiger partial charge in [-0.3, -0.25) is 4.79 Å². The van der Waals surface area contributed by atoms with Crippen molar-refractivity contribution in [1.82, 2.24) is 5.32 Å². The van der Waals surface area contributed by atoms with Crippen molar-refractivity contribution >= 4 is 12.0 Å². The van der Waals surface area contributed by atoms with Gasteiger partial charge in [-0.2, -0.15) is 5.26 Å². The van der Waals surface area contributed by atoms with Crippen molar-refractivity contribution in [2.45, 2.75) is 46.8 Å².